The van der Waals surface area contributed by atoms with Gasteiger partial charge in [-0.25, -0.2) is 15.4 Å². The van der Waals surface area contributed by atoms with Gasteiger partial charge >= 0.3 is 0 Å². The van der Waals surface area contributed by atoms with Crippen molar-refractivity contribution in [3.8, 4) is 5.75 Å². The van der Waals surface area contributed by atoms with Crippen molar-refractivity contribution in [1.82, 2.24) is 15.4 Å². The number of benzene rings is 2. The van der Waals surface area contributed by atoms with Gasteiger partial charge in [-0.15, -0.1) is 0 Å². The summed E-state index contributed by atoms with van der Waals surface area (Å²) >= 11 is 1.28. The van der Waals surface area contributed by atoms with Gasteiger partial charge in [0.1, 0.15) is 12.4 Å². The van der Waals surface area contributed by atoms with Crippen LogP contribution in [0.25, 0.3) is 0 Å². The van der Waals surface area contributed by atoms with Crippen LogP contribution in [-0.4, -0.2) is 27.8 Å². The summed E-state index contributed by atoms with van der Waals surface area (Å²) in [6.45, 7) is 4.27. The molecular formula is C22H22N4O2S. The molecule has 0 spiro atoms. The quantitative estimate of drug-likeness (QED) is 0.266. The van der Waals surface area contributed by atoms with Crippen LogP contribution in [0.1, 0.15) is 22.5 Å². The maximum absolute atomic E-state index is 12.0. The predicted octanol–water partition coefficient (Wildman–Crippen LogP) is 3.91. The Bertz CT molecular complexity index is 973. The Kier molecular flexibility index (Phi) is 7.35. The van der Waals surface area contributed by atoms with Crippen LogP contribution in [0.3, 0.4) is 0 Å². The summed E-state index contributed by atoms with van der Waals surface area (Å²) in [7, 11) is 0. The molecule has 3 aromatic rings. The third-order valence-corrected chi connectivity index (χ3v) is 4.69. The number of amides is 1. The lowest BCUT2D eigenvalue weighted by atomic mass is 10.2. The van der Waals surface area contributed by atoms with Crippen molar-refractivity contribution in [2.45, 2.75) is 25.6 Å². The third kappa shape index (κ3) is 6.73. The Hall–Kier alpha value is -3.19. The van der Waals surface area contributed by atoms with Crippen LogP contribution in [0, 0.1) is 13.8 Å². The molecule has 3 rings (SSSR count). The first-order valence-electron chi connectivity index (χ1n) is 9.13. The second kappa shape index (κ2) is 10.4. The smallest absolute Gasteiger partial charge is 0.250 e. The number of nitrogens with one attached hydrogen (secondary N) is 1. The second-order valence-electron chi connectivity index (χ2n) is 6.33. The van der Waals surface area contributed by atoms with Crippen LogP contribution in [-0.2, 0) is 11.4 Å². The maximum Gasteiger partial charge on any atom is 0.250 e. The number of para-hydroxylation sites is 1. The zero-order valence-electron chi connectivity index (χ0n) is 16.3. The minimum absolute atomic E-state index is 0.187. The van der Waals surface area contributed by atoms with Crippen molar-refractivity contribution in [2.75, 3.05) is 5.75 Å². The van der Waals surface area contributed by atoms with Crippen molar-refractivity contribution in [3.05, 3.63) is 83.2 Å². The van der Waals surface area contributed by atoms with Gasteiger partial charge in [0.05, 0.1) is 12.0 Å². The van der Waals surface area contributed by atoms with E-state index in [0.717, 1.165) is 22.5 Å². The number of hydrogen-bond acceptors (Lipinski definition) is 6. The Morgan fingerprint density at radius 1 is 1.07 bits per heavy atom. The van der Waals surface area contributed by atoms with E-state index < -0.39 is 0 Å². The van der Waals surface area contributed by atoms with E-state index >= 15 is 0 Å². The molecule has 6 nitrogen and oxygen atoms in total. The average molecular weight is 407 g/mol. The SMILES string of the molecule is Cc1cc(C)nc(SCC(=O)NN=Cc2ccccc2OCc2ccccc2)n1. The second-order valence-corrected chi connectivity index (χ2v) is 7.27. The Morgan fingerprint density at radius 2 is 1.76 bits per heavy atom. The molecule has 2 aromatic carbocycles. The van der Waals surface area contributed by atoms with Crippen molar-refractivity contribution >= 4 is 23.9 Å². The highest BCUT2D eigenvalue weighted by Crippen LogP contribution is 2.18. The van der Waals surface area contributed by atoms with Crippen molar-refractivity contribution in [3.63, 3.8) is 0 Å². The zero-order valence-corrected chi connectivity index (χ0v) is 17.1. The zero-order chi connectivity index (χ0) is 20.5. The van der Waals surface area contributed by atoms with E-state index in [1.54, 1.807) is 6.21 Å². The molecule has 1 aromatic heterocycles. The number of carbonyl (C=O) groups excluding carboxylic acids is 1. The van der Waals surface area contributed by atoms with Crippen molar-refractivity contribution in [1.29, 1.82) is 0 Å². The summed E-state index contributed by atoms with van der Waals surface area (Å²) in [6.07, 6.45) is 1.58. The number of rotatable bonds is 8. The number of ether oxygens (including phenoxy) is 1. The summed E-state index contributed by atoms with van der Waals surface area (Å²) in [5, 5.41) is 4.63. The van der Waals surface area contributed by atoms with Gasteiger partial charge in [-0.1, -0.05) is 54.2 Å². The molecule has 0 radical (unpaired) electrons. The third-order valence-electron chi connectivity index (χ3n) is 3.84. The molecule has 1 amide bonds. The molecule has 1 heterocycles. The van der Waals surface area contributed by atoms with Gasteiger partial charge in [0.25, 0.3) is 5.91 Å². The predicted molar refractivity (Wildman–Crippen MR) is 115 cm³/mol. The van der Waals surface area contributed by atoms with Gasteiger partial charge < -0.3 is 4.74 Å². The lowest BCUT2D eigenvalue weighted by Crippen LogP contribution is -2.20. The highest BCUT2D eigenvalue weighted by molar-refractivity contribution is 7.99. The molecule has 0 unspecified atom stereocenters. The van der Waals surface area contributed by atoms with E-state index in [2.05, 4.69) is 20.5 Å². The van der Waals surface area contributed by atoms with Gasteiger partial charge in [0.15, 0.2) is 5.16 Å². The van der Waals surface area contributed by atoms with E-state index in [-0.39, 0.29) is 11.7 Å². The average Bonchev–Trinajstić information content (AvgIpc) is 2.72. The minimum atomic E-state index is -0.225. The summed E-state index contributed by atoms with van der Waals surface area (Å²) in [6, 6.07) is 19.4. The molecule has 0 bridgehead atoms. The van der Waals surface area contributed by atoms with Crippen LogP contribution >= 0.6 is 11.8 Å². The maximum atomic E-state index is 12.0. The number of aromatic nitrogens is 2. The van der Waals surface area contributed by atoms with E-state index in [4.69, 9.17) is 4.74 Å². The van der Waals surface area contributed by atoms with Gasteiger partial charge in [-0.2, -0.15) is 5.10 Å². The van der Waals surface area contributed by atoms with Gasteiger partial charge in [-0.3, -0.25) is 4.79 Å². The fourth-order valence-electron chi connectivity index (χ4n) is 2.55. The molecule has 0 saturated heterocycles. The number of hydrogen-bond donors (Lipinski definition) is 1. The normalized spacial score (nSPS) is 10.8. The molecule has 0 atom stereocenters. The van der Waals surface area contributed by atoms with E-state index in [1.165, 1.54) is 11.8 Å². The molecular weight excluding hydrogens is 384 g/mol. The number of nitrogens with zero attached hydrogens (tertiary/aromatic N) is 3. The Labute approximate surface area is 174 Å². The van der Waals surface area contributed by atoms with Gasteiger partial charge in [-0.05, 0) is 37.6 Å². The van der Waals surface area contributed by atoms with Crippen molar-refractivity contribution in [2.24, 2.45) is 5.10 Å². The molecule has 0 saturated carbocycles. The fraction of sp³-hybridized carbons (Fsp3) is 0.182. The van der Waals surface area contributed by atoms with Crippen molar-refractivity contribution < 1.29 is 9.53 Å². The van der Waals surface area contributed by atoms with Crippen LogP contribution in [0.5, 0.6) is 5.75 Å². The van der Waals surface area contributed by atoms with Gasteiger partial charge in [0, 0.05) is 17.0 Å². The molecule has 7 heteroatoms. The first kappa shape index (κ1) is 20.5. The number of hydrazone groups is 1. The first-order valence-corrected chi connectivity index (χ1v) is 10.1. The lowest BCUT2D eigenvalue weighted by molar-refractivity contribution is -0.118. The lowest BCUT2D eigenvalue weighted by Gasteiger charge is -2.09. The van der Waals surface area contributed by atoms with E-state index in [0.29, 0.717) is 17.5 Å². The minimum Gasteiger partial charge on any atom is -0.488 e. The number of carbonyl (C=O) groups is 1. The monoisotopic (exact) mass is 406 g/mol. The standard InChI is InChI=1S/C22H22N4O2S/c1-16-12-17(2)25-22(24-16)29-15-21(27)26-23-13-19-10-6-7-11-20(19)28-14-18-8-4-3-5-9-18/h3-13H,14-15H2,1-2H3,(H,26,27). The van der Waals surface area contributed by atoms with E-state index in [9.17, 15) is 4.79 Å². The van der Waals surface area contributed by atoms with Crippen LogP contribution in [0.2, 0.25) is 0 Å². The number of thioether (sulfide) groups is 1. The molecule has 0 aliphatic rings. The van der Waals surface area contributed by atoms with Gasteiger partial charge in [0.2, 0.25) is 0 Å². The Balaban J connectivity index is 1.52. The molecule has 0 aliphatic carbocycles. The topological polar surface area (TPSA) is 76.5 Å². The molecule has 148 valence electrons. The summed E-state index contributed by atoms with van der Waals surface area (Å²) in [5.41, 5.74) is 6.16. The summed E-state index contributed by atoms with van der Waals surface area (Å²) < 4.78 is 5.88. The Morgan fingerprint density at radius 3 is 2.52 bits per heavy atom. The van der Waals surface area contributed by atoms with Crippen LogP contribution in [0.4, 0.5) is 0 Å². The summed E-state index contributed by atoms with van der Waals surface area (Å²) in [4.78, 5) is 20.7. The molecule has 1 N–H and O–H groups in total. The molecule has 0 aliphatic heterocycles. The van der Waals surface area contributed by atoms with Crippen LogP contribution < -0.4 is 10.2 Å². The molecule has 29 heavy (non-hydrogen) atoms. The first-order chi connectivity index (χ1) is 14.1. The molecule has 0 fully saturated rings. The van der Waals surface area contributed by atoms with Crippen LogP contribution in [0.15, 0.2) is 70.9 Å². The fourth-order valence-corrected chi connectivity index (χ4v) is 3.29. The largest absolute Gasteiger partial charge is 0.488 e. The highest BCUT2D eigenvalue weighted by Gasteiger charge is 2.06. The van der Waals surface area contributed by atoms with E-state index in [1.807, 2.05) is 74.5 Å². The number of aryl methyl sites for hydroxylation is 2. The highest BCUT2D eigenvalue weighted by atomic mass is 32.2. The summed E-state index contributed by atoms with van der Waals surface area (Å²) in [5.74, 6) is 0.663.